The maximum atomic E-state index is 10.6. The third kappa shape index (κ3) is 4.74. The summed E-state index contributed by atoms with van der Waals surface area (Å²) in [7, 11) is 0. The van der Waals surface area contributed by atoms with Gasteiger partial charge in [-0.05, 0) is 79.4 Å². The van der Waals surface area contributed by atoms with Gasteiger partial charge in [0.1, 0.15) is 11.6 Å². The van der Waals surface area contributed by atoms with Crippen molar-refractivity contribution in [1.29, 1.82) is 0 Å². The van der Waals surface area contributed by atoms with Gasteiger partial charge in [-0.2, -0.15) is 13.2 Å². The summed E-state index contributed by atoms with van der Waals surface area (Å²) in [6.07, 6.45) is 5.72. The van der Waals surface area contributed by atoms with Crippen LogP contribution in [0.4, 0.5) is 13.2 Å². The van der Waals surface area contributed by atoms with E-state index >= 15 is 0 Å². The molecule has 4 fully saturated rings. The van der Waals surface area contributed by atoms with Gasteiger partial charge in [0.25, 0.3) is 0 Å². The number of hydrogen-bond donors (Lipinski definition) is 1. The van der Waals surface area contributed by atoms with E-state index in [0.717, 1.165) is 30.7 Å². The molecule has 0 amide bonds. The fourth-order valence-electron chi connectivity index (χ4n) is 7.95. The number of halogens is 3. The molecule has 38 heavy (non-hydrogen) atoms. The molecule has 4 aliphatic carbocycles. The van der Waals surface area contributed by atoms with Crippen molar-refractivity contribution < 1.29 is 23.1 Å². The molecule has 0 saturated heterocycles. The minimum absolute atomic E-state index is 0.332. The molecule has 1 unspecified atom stereocenters. The standard InChI is InChI=1S/C28H31N3.C2HF3O2/c1-2-4-22(5-3-1)23-6-8-24(9-7-23)25-10-11-26-29-30-27(31(26)18-25)28-15-19-12-20(16-28)14-21(13-19)17-28;3-2(4,5)1(6)7/h1-9,19-21,25H,10-18H2;(H,6,7). The Morgan fingerprint density at radius 2 is 1.42 bits per heavy atom. The Morgan fingerprint density at radius 3 is 1.97 bits per heavy atom. The SMILES string of the molecule is O=C(O)C(F)(F)F.c1ccc(-c2ccc(C3CCc4nnc(C56CC7CC(CC(C7)C5)C6)n4C3)cc2)cc1. The van der Waals surface area contributed by atoms with E-state index in [-0.39, 0.29) is 0 Å². The molecular formula is C30H32F3N3O2. The van der Waals surface area contributed by atoms with Crippen molar-refractivity contribution in [2.75, 3.05) is 0 Å². The number of carboxylic acids is 1. The average Bonchev–Trinajstić information content (AvgIpc) is 3.33. The van der Waals surface area contributed by atoms with Crippen molar-refractivity contribution in [3.8, 4) is 11.1 Å². The van der Waals surface area contributed by atoms with E-state index in [0.29, 0.717) is 11.3 Å². The largest absolute Gasteiger partial charge is 0.490 e. The second-order valence-electron chi connectivity index (χ2n) is 11.8. The van der Waals surface area contributed by atoms with Crippen LogP contribution in [-0.4, -0.2) is 32.0 Å². The van der Waals surface area contributed by atoms with Crippen LogP contribution in [0.2, 0.25) is 0 Å². The monoisotopic (exact) mass is 523 g/mol. The summed E-state index contributed by atoms with van der Waals surface area (Å²) in [5.41, 5.74) is 4.40. The smallest absolute Gasteiger partial charge is 0.475 e. The molecule has 1 atom stereocenters. The van der Waals surface area contributed by atoms with Crippen molar-refractivity contribution in [3.05, 3.63) is 71.8 Å². The highest BCUT2D eigenvalue weighted by atomic mass is 19.4. The Bertz CT molecular complexity index is 1270. The first-order chi connectivity index (χ1) is 18.2. The Kier molecular flexibility index (Phi) is 6.31. The highest BCUT2D eigenvalue weighted by Gasteiger charge is 2.54. The molecule has 4 bridgehead atoms. The molecule has 200 valence electrons. The number of carboxylic acid groups (broad SMARTS) is 1. The first-order valence-corrected chi connectivity index (χ1v) is 13.6. The number of aliphatic carboxylic acids is 1. The molecule has 5 nitrogen and oxygen atoms in total. The van der Waals surface area contributed by atoms with E-state index in [1.807, 2.05) is 0 Å². The molecule has 2 heterocycles. The molecule has 0 spiro atoms. The summed E-state index contributed by atoms with van der Waals surface area (Å²) in [5.74, 6) is 3.25. The minimum atomic E-state index is -5.08. The first kappa shape index (κ1) is 25.1. The van der Waals surface area contributed by atoms with Crippen LogP contribution in [-0.2, 0) is 23.2 Å². The van der Waals surface area contributed by atoms with E-state index in [1.165, 1.54) is 73.3 Å². The molecule has 8 rings (SSSR count). The molecule has 8 heteroatoms. The third-order valence-corrected chi connectivity index (χ3v) is 9.19. The maximum absolute atomic E-state index is 10.6. The summed E-state index contributed by atoms with van der Waals surface area (Å²) in [5, 5.41) is 16.7. The van der Waals surface area contributed by atoms with Crippen molar-refractivity contribution in [3.63, 3.8) is 0 Å². The lowest BCUT2D eigenvalue weighted by Gasteiger charge is -2.56. The Labute approximate surface area is 220 Å². The van der Waals surface area contributed by atoms with Gasteiger partial charge >= 0.3 is 12.1 Å². The predicted octanol–water partition coefficient (Wildman–Crippen LogP) is 6.78. The molecular weight excluding hydrogens is 491 g/mol. The van der Waals surface area contributed by atoms with Crippen LogP contribution in [0.5, 0.6) is 0 Å². The van der Waals surface area contributed by atoms with E-state index in [2.05, 4.69) is 59.2 Å². The van der Waals surface area contributed by atoms with Gasteiger partial charge in [0.2, 0.25) is 0 Å². The van der Waals surface area contributed by atoms with E-state index in [9.17, 15) is 13.2 Å². The van der Waals surface area contributed by atoms with Crippen molar-refractivity contribution in [2.45, 2.75) is 75.4 Å². The second-order valence-corrected chi connectivity index (χ2v) is 11.8. The summed E-state index contributed by atoms with van der Waals surface area (Å²) < 4.78 is 34.3. The molecule has 1 N–H and O–H groups in total. The van der Waals surface area contributed by atoms with Crippen molar-refractivity contribution in [1.82, 2.24) is 14.8 Å². The number of carbonyl (C=O) groups is 1. The molecule has 2 aromatic carbocycles. The molecule has 3 aromatic rings. The normalized spacial score (nSPS) is 29.3. The van der Waals surface area contributed by atoms with Gasteiger partial charge < -0.3 is 9.67 Å². The quantitative estimate of drug-likeness (QED) is 0.411. The number of alkyl halides is 3. The molecule has 0 radical (unpaired) electrons. The molecule has 1 aliphatic heterocycles. The van der Waals surface area contributed by atoms with Gasteiger partial charge in [-0.15, -0.1) is 10.2 Å². The zero-order valence-electron chi connectivity index (χ0n) is 21.2. The number of hydrogen-bond acceptors (Lipinski definition) is 3. The fraction of sp³-hybridized carbons (Fsp3) is 0.500. The number of aryl methyl sites for hydroxylation is 1. The first-order valence-electron chi connectivity index (χ1n) is 13.6. The molecule has 4 saturated carbocycles. The lowest BCUT2D eigenvalue weighted by Crippen LogP contribution is -2.50. The van der Waals surface area contributed by atoms with Crippen LogP contribution in [0.25, 0.3) is 11.1 Å². The van der Waals surface area contributed by atoms with Crippen LogP contribution >= 0.6 is 0 Å². The summed E-state index contributed by atoms with van der Waals surface area (Å²) in [6.45, 7) is 1.06. The number of rotatable bonds is 3. The number of benzene rings is 2. The summed E-state index contributed by atoms with van der Waals surface area (Å²) >= 11 is 0. The van der Waals surface area contributed by atoms with Crippen LogP contribution in [0.3, 0.4) is 0 Å². The van der Waals surface area contributed by atoms with Gasteiger partial charge in [0, 0.05) is 24.3 Å². The van der Waals surface area contributed by atoms with Crippen molar-refractivity contribution in [2.24, 2.45) is 17.8 Å². The number of fused-ring (bicyclic) bond motifs is 1. The Hall–Kier alpha value is -3.16. The molecule has 5 aliphatic rings. The van der Waals surface area contributed by atoms with Crippen molar-refractivity contribution >= 4 is 5.97 Å². The third-order valence-electron chi connectivity index (χ3n) is 9.19. The highest BCUT2D eigenvalue weighted by Crippen LogP contribution is 2.60. The van der Waals surface area contributed by atoms with E-state index < -0.39 is 12.1 Å². The number of aromatic nitrogens is 3. The lowest BCUT2D eigenvalue weighted by molar-refractivity contribution is -0.192. The lowest BCUT2D eigenvalue weighted by atomic mass is 9.49. The van der Waals surface area contributed by atoms with Gasteiger partial charge in [-0.1, -0.05) is 54.6 Å². The minimum Gasteiger partial charge on any atom is -0.475 e. The van der Waals surface area contributed by atoms with Crippen LogP contribution in [0.15, 0.2) is 54.6 Å². The van der Waals surface area contributed by atoms with E-state index in [1.54, 1.807) is 0 Å². The average molecular weight is 524 g/mol. The molecule has 1 aromatic heterocycles. The number of nitrogens with zero attached hydrogens (tertiary/aromatic N) is 3. The van der Waals surface area contributed by atoms with Gasteiger partial charge in [-0.3, -0.25) is 0 Å². The zero-order valence-corrected chi connectivity index (χ0v) is 21.2. The van der Waals surface area contributed by atoms with Gasteiger partial charge in [0.05, 0.1) is 0 Å². The van der Waals surface area contributed by atoms with Gasteiger partial charge in [-0.25, -0.2) is 4.79 Å². The summed E-state index contributed by atoms with van der Waals surface area (Å²) in [6, 6.07) is 20.0. The summed E-state index contributed by atoms with van der Waals surface area (Å²) in [4.78, 5) is 8.90. The highest BCUT2D eigenvalue weighted by molar-refractivity contribution is 5.73. The predicted molar refractivity (Wildman–Crippen MR) is 137 cm³/mol. The Balaban J connectivity index is 0.000000337. The van der Waals surface area contributed by atoms with Crippen LogP contribution in [0.1, 0.15) is 68.1 Å². The maximum Gasteiger partial charge on any atom is 0.490 e. The Morgan fingerprint density at radius 1 is 0.868 bits per heavy atom. The zero-order chi connectivity index (χ0) is 26.5. The van der Waals surface area contributed by atoms with E-state index in [4.69, 9.17) is 20.1 Å². The van der Waals surface area contributed by atoms with Crippen LogP contribution < -0.4 is 0 Å². The fourth-order valence-corrected chi connectivity index (χ4v) is 7.95. The van der Waals surface area contributed by atoms with Gasteiger partial charge in [0.15, 0.2) is 0 Å². The topological polar surface area (TPSA) is 68.0 Å². The second kappa shape index (κ2) is 9.54. The van der Waals surface area contributed by atoms with Crippen LogP contribution in [0, 0.1) is 17.8 Å².